The lowest BCUT2D eigenvalue weighted by Crippen LogP contribution is -2.44. The maximum absolute atomic E-state index is 12.6. The molecule has 142 valence electrons. The maximum Gasteiger partial charge on any atom is 0.242 e. The van der Waals surface area contributed by atoms with Crippen molar-refractivity contribution >= 4 is 17.6 Å². The van der Waals surface area contributed by atoms with Crippen LogP contribution in [0.2, 0.25) is 0 Å². The molecule has 1 aromatic rings. The zero-order chi connectivity index (χ0) is 18.7. The van der Waals surface area contributed by atoms with E-state index in [1.165, 1.54) is 6.92 Å². The van der Waals surface area contributed by atoms with Crippen molar-refractivity contribution in [2.75, 3.05) is 39.0 Å². The average Bonchev–Trinajstić information content (AvgIpc) is 2.65. The summed E-state index contributed by atoms with van der Waals surface area (Å²) in [4.78, 5) is 37.4. The highest BCUT2D eigenvalue weighted by atomic mass is 16.2. The first-order valence-electron chi connectivity index (χ1n) is 9.29. The van der Waals surface area contributed by atoms with Gasteiger partial charge in [0.05, 0.1) is 18.3 Å². The molecular formula is C18H28N6O2. The fraction of sp³-hybridized carbons (Fsp3) is 0.667. The summed E-state index contributed by atoms with van der Waals surface area (Å²) < 4.78 is 0. The van der Waals surface area contributed by atoms with Gasteiger partial charge in [0.15, 0.2) is 5.82 Å². The number of nitrogens with zero attached hydrogens (tertiary/aromatic N) is 4. The van der Waals surface area contributed by atoms with Gasteiger partial charge in [-0.25, -0.2) is 9.97 Å². The Morgan fingerprint density at radius 3 is 2.77 bits per heavy atom. The molecule has 8 nitrogen and oxygen atoms in total. The van der Waals surface area contributed by atoms with Gasteiger partial charge in [0.2, 0.25) is 11.8 Å². The van der Waals surface area contributed by atoms with Gasteiger partial charge < -0.3 is 20.4 Å². The normalized spacial score (nSPS) is 20.4. The van der Waals surface area contributed by atoms with Gasteiger partial charge in [0, 0.05) is 45.6 Å². The Kier molecular flexibility index (Phi) is 5.70. The number of amides is 2. The molecule has 0 aromatic carbocycles. The Morgan fingerprint density at radius 2 is 2.04 bits per heavy atom. The molecule has 3 rings (SSSR count). The van der Waals surface area contributed by atoms with E-state index < -0.39 is 0 Å². The van der Waals surface area contributed by atoms with Crippen molar-refractivity contribution in [1.82, 2.24) is 25.1 Å². The molecule has 0 saturated carbocycles. The van der Waals surface area contributed by atoms with Gasteiger partial charge in [-0.2, -0.15) is 0 Å². The van der Waals surface area contributed by atoms with Crippen LogP contribution in [-0.2, 0) is 22.6 Å². The standard InChI is InChI=1S/C18H28N6O2/c1-12(25)20-10-16(26)24-8-5-4-6-15(24)18-21-14-7-9-23(3)11-13(14)17(19-2)22-18/h15H,4-11H2,1-3H3,(H,20,25)(H,19,21,22)/t15-/m0/s1. The molecule has 0 aliphatic carbocycles. The van der Waals surface area contributed by atoms with Crippen LogP contribution in [0, 0.1) is 0 Å². The van der Waals surface area contributed by atoms with Crippen LogP contribution in [0.3, 0.4) is 0 Å². The minimum atomic E-state index is -0.196. The number of likely N-dealkylation sites (tertiary alicyclic amines) is 1. The number of hydrogen-bond acceptors (Lipinski definition) is 6. The third-order valence-corrected chi connectivity index (χ3v) is 5.11. The molecule has 1 saturated heterocycles. The summed E-state index contributed by atoms with van der Waals surface area (Å²) in [6.07, 6.45) is 3.76. The monoisotopic (exact) mass is 360 g/mol. The number of carbonyl (C=O) groups excluding carboxylic acids is 2. The number of rotatable bonds is 4. The molecule has 2 aliphatic heterocycles. The Balaban J connectivity index is 1.87. The van der Waals surface area contributed by atoms with Crippen molar-refractivity contribution in [3.63, 3.8) is 0 Å². The lowest BCUT2D eigenvalue weighted by Gasteiger charge is -2.36. The van der Waals surface area contributed by atoms with Crippen molar-refractivity contribution < 1.29 is 9.59 Å². The van der Waals surface area contributed by atoms with Crippen LogP contribution in [0.15, 0.2) is 0 Å². The van der Waals surface area contributed by atoms with Crippen LogP contribution >= 0.6 is 0 Å². The van der Waals surface area contributed by atoms with E-state index in [-0.39, 0.29) is 24.4 Å². The Bertz CT molecular complexity index is 675. The summed E-state index contributed by atoms with van der Waals surface area (Å²) in [7, 11) is 3.97. The number of aromatic nitrogens is 2. The van der Waals surface area contributed by atoms with E-state index in [1.54, 1.807) is 0 Å². The largest absolute Gasteiger partial charge is 0.373 e. The van der Waals surface area contributed by atoms with E-state index in [0.29, 0.717) is 12.4 Å². The number of nitrogens with one attached hydrogen (secondary N) is 2. The van der Waals surface area contributed by atoms with E-state index in [9.17, 15) is 9.59 Å². The molecule has 1 fully saturated rings. The summed E-state index contributed by atoms with van der Waals surface area (Å²) >= 11 is 0. The zero-order valence-electron chi connectivity index (χ0n) is 15.8. The smallest absolute Gasteiger partial charge is 0.242 e. The van der Waals surface area contributed by atoms with Crippen LogP contribution in [0.4, 0.5) is 5.82 Å². The maximum atomic E-state index is 12.6. The number of anilines is 1. The number of fused-ring (bicyclic) bond motifs is 1. The quantitative estimate of drug-likeness (QED) is 0.821. The molecule has 1 aromatic heterocycles. The van der Waals surface area contributed by atoms with Crippen molar-refractivity contribution in [3.05, 3.63) is 17.1 Å². The fourth-order valence-corrected chi connectivity index (χ4v) is 3.72. The number of carbonyl (C=O) groups is 2. The topological polar surface area (TPSA) is 90.5 Å². The summed E-state index contributed by atoms with van der Waals surface area (Å²) in [5.74, 6) is 1.31. The van der Waals surface area contributed by atoms with E-state index >= 15 is 0 Å². The Hall–Kier alpha value is -2.22. The second-order valence-corrected chi connectivity index (χ2v) is 7.10. The first kappa shape index (κ1) is 18.6. The molecule has 2 amide bonds. The van der Waals surface area contributed by atoms with Gasteiger partial charge in [-0.05, 0) is 26.3 Å². The molecule has 3 heterocycles. The van der Waals surface area contributed by atoms with Crippen molar-refractivity contribution in [3.8, 4) is 0 Å². The summed E-state index contributed by atoms with van der Waals surface area (Å²) in [6, 6.07) is -0.123. The second-order valence-electron chi connectivity index (χ2n) is 7.10. The van der Waals surface area contributed by atoms with Gasteiger partial charge in [0.25, 0.3) is 0 Å². The van der Waals surface area contributed by atoms with E-state index in [4.69, 9.17) is 9.97 Å². The van der Waals surface area contributed by atoms with Crippen molar-refractivity contribution in [1.29, 1.82) is 0 Å². The molecule has 26 heavy (non-hydrogen) atoms. The van der Waals surface area contributed by atoms with Gasteiger partial charge in [-0.15, -0.1) is 0 Å². The van der Waals surface area contributed by atoms with Crippen LogP contribution in [0.25, 0.3) is 0 Å². The van der Waals surface area contributed by atoms with Gasteiger partial charge in [-0.3, -0.25) is 9.59 Å². The third kappa shape index (κ3) is 3.95. The molecule has 8 heteroatoms. The lowest BCUT2D eigenvalue weighted by molar-refractivity contribution is -0.136. The van der Waals surface area contributed by atoms with Crippen molar-refractivity contribution in [2.24, 2.45) is 0 Å². The number of likely N-dealkylation sites (N-methyl/N-ethyl adjacent to an activating group) is 1. The van der Waals surface area contributed by atoms with E-state index in [1.807, 2.05) is 11.9 Å². The Labute approximate surface area is 154 Å². The van der Waals surface area contributed by atoms with Crippen LogP contribution in [-0.4, -0.2) is 65.3 Å². The predicted molar refractivity (Wildman–Crippen MR) is 98.6 cm³/mol. The predicted octanol–water partition coefficient (Wildman–Crippen LogP) is 0.696. The molecule has 2 aliphatic rings. The third-order valence-electron chi connectivity index (χ3n) is 5.11. The molecule has 0 unspecified atom stereocenters. The molecule has 2 N–H and O–H groups in total. The first-order chi connectivity index (χ1) is 12.5. The summed E-state index contributed by atoms with van der Waals surface area (Å²) in [6.45, 7) is 3.94. The zero-order valence-corrected chi connectivity index (χ0v) is 15.8. The Morgan fingerprint density at radius 1 is 1.23 bits per heavy atom. The van der Waals surface area contributed by atoms with Gasteiger partial charge >= 0.3 is 0 Å². The average molecular weight is 360 g/mol. The van der Waals surface area contributed by atoms with E-state index in [2.05, 4.69) is 22.6 Å². The highest BCUT2D eigenvalue weighted by Crippen LogP contribution is 2.32. The summed E-state index contributed by atoms with van der Waals surface area (Å²) in [5.41, 5.74) is 2.23. The summed E-state index contributed by atoms with van der Waals surface area (Å²) in [5, 5.41) is 5.80. The number of hydrogen-bond donors (Lipinski definition) is 2. The van der Waals surface area contributed by atoms with Gasteiger partial charge in [0.1, 0.15) is 5.82 Å². The first-order valence-corrected chi connectivity index (χ1v) is 9.29. The SMILES string of the molecule is CNc1nc([C@@H]2CCCCN2C(=O)CNC(C)=O)nc2c1CN(C)CC2. The number of piperidine rings is 1. The highest BCUT2D eigenvalue weighted by Gasteiger charge is 2.31. The molecule has 1 atom stereocenters. The molecule has 0 bridgehead atoms. The second kappa shape index (κ2) is 7.99. The van der Waals surface area contributed by atoms with E-state index in [0.717, 1.165) is 55.8 Å². The fourth-order valence-electron chi connectivity index (χ4n) is 3.72. The minimum Gasteiger partial charge on any atom is -0.373 e. The van der Waals surface area contributed by atoms with Gasteiger partial charge in [-0.1, -0.05) is 0 Å². The van der Waals surface area contributed by atoms with Crippen molar-refractivity contribution in [2.45, 2.75) is 45.2 Å². The van der Waals surface area contributed by atoms with Crippen LogP contribution in [0.5, 0.6) is 0 Å². The minimum absolute atomic E-state index is 0.0282. The van der Waals surface area contributed by atoms with Crippen LogP contribution in [0.1, 0.15) is 49.3 Å². The van der Waals surface area contributed by atoms with Crippen LogP contribution < -0.4 is 10.6 Å². The highest BCUT2D eigenvalue weighted by molar-refractivity contribution is 5.84. The molecule has 0 radical (unpaired) electrons. The lowest BCUT2D eigenvalue weighted by atomic mass is 10.00. The molecule has 0 spiro atoms. The molecular weight excluding hydrogens is 332 g/mol.